The molecule has 1 aliphatic rings. The summed E-state index contributed by atoms with van der Waals surface area (Å²) in [5.74, 6) is 2.61. The predicted octanol–water partition coefficient (Wildman–Crippen LogP) is 3.48. The first-order valence-electron chi connectivity index (χ1n) is 8.38. The molecule has 1 fully saturated rings. The highest BCUT2D eigenvalue weighted by Gasteiger charge is 2.32. The van der Waals surface area contributed by atoms with Gasteiger partial charge in [0.15, 0.2) is 0 Å². The Balaban J connectivity index is 1.68. The van der Waals surface area contributed by atoms with Crippen molar-refractivity contribution in [1.82, 2.24) is 14.7 Å². The van der Waals surface area contributed by atoms with Gasteiger partial charge in [0.05, 0.1) is 12.2 Å². The molecule has 124 valence electrons. The summed E-state index contributed by atoms with van der Waals surface area (Å²) in [6, 6.07) is 4.05. The number of amides is 1. The topological polar surface area (TPSA) is 51.3 Å². The van der Waals surface area contributed by atoms with Crippen molar-refractivity contribution >= 4 is 5.91 Å². The number of aryl methyl sites for hydroxylation is 3. The predicted molar refractivity (Wildman–Crippen MR) is 87.9 cm³/mol. The maximum absolute atomic E-state index is 12.7. The van der Waals surface area contributed by atoms with Gasteiger partial charge in [-0.1, -0.05) is 6.92 Å². The molecule has 23 heavy (non-hydrogen) atoms. The molecule has 0 spiro atoms. The molecule has 2 atom stereocenters. The molecule has 1 saturated heterocycles. The summed E-state index contributed by atoms with van der Waals surface area (Å²) >= 11 is 0. The average Bonchev–Trinajstić information content (AvgIpc) is 3.13. The number of piperidine rings is 1. The number of hydrogen-bond acceptors (Lipinski definition) is 3. The minimum atomic E-state index is 0.0688. The van der Waals surface area contributed by atoms with Crippen molar-refractivity contribution in [2.45, 2.75) is 52.6 Å². The van der Waals surface area contributed by atoms with E-state index in [0.717, 1.165) is 36.5 Å². The van der Waals surface area contributed by atoms with Gasteiger partial charge in [-0.25, -0.2) is 0 Å². The number of likely N-dealkylation sites (tertiary alicyclic amines) is 1. The summed E-state index contributed by atoms with van der Waals surface area (Å²) in [6.45, 7) is 7.64. The molecule has 5 nitrogen and oxygen atoms in total. The van der Waals surface area contributed by atoms with E-state index >= 15 is 0 Å². The molecule has 0 saturated carbocycles. The zero-order chi connectivity index (χ0) is 16.4. The number of hydrogen-bond donors (Lipinski definition) is 0. The highest BCUT2D eigenvalue weighted by Crippen LogP contribution is 2.35. The largest absolute Gasteiger partial charge is 0.464 e. The van der Waals surface area contributed by atoms with Gasteiger partial charge in [-0.3, -0.25) is 9.48 Å². The molecule has 0 aromatic carbocycles. The van der Waals surface area contributed by atoms with E-state index in [1.165, 1.54) is 0 Å². The van der Waals surface area contributed by atoms with E-state index in [1.807, 2.05) is 48.0 Å². The Hall–Kier alpha value is -2.04. The van der Waals surface area contributed by atoms with E-state index in [0.29, 0.717) is 18.9 Å². The van der Waals surface area contributed by atoms with E-state index < -0.39 is 0 Å². The summed E-state index contributed by atoms with van der Waals surface area (Å²) in [6.07, 6.45) is 6.30. The third-order valence-corrected chi connectivity index (χ3v) is 4.59. The van der Waals surface area contributed by atoms with Crippen LogP contribution in [0.4, 0.5) is 0 Å². The van der Waals surface area contributed by atoms with Gasteiger partial charge in [-0.15, -0.1) is 0 Å². The molecule has 1 aliphatic heterocycles. The Labute approximate surface area is 137 Å². The fourth-order valence-electron chi connectivity index (χ4n) is 3.29. The normalized spacial score (nSPS) is 21.6. The fraction of sp³-hybridized carbons (Fsp3) is 0.556. The Morgan fingerprint density at radius 3 is 2.87 bits per heavy atom. The van der Waals surface area contributed by atoms with Gasteiger partial charge in [0, 0.05) is 25.7 Å². The first kappa shape index (κ1) is 15.8. The number of carbonyl (C=O) groups is 1. The summed E-state index contributed by atoms with van der Waals surface area (Å²) in [5, 5.41) is 4.25. The van der Waals surface area contributed by atoms with Crippen molar-refractivity contribution in [3.63, 3.8) is 0 Å². The number of furan rings is 1. The molecule has 0 N–H and O–H groups in total. The number of carbonyl (C=O) groups excluding carboxylic acids is 1. The molecule has 5 heteroatoms. The van der Waals surface area contributed by atoms with Crippen LogP contribution in [0.1, 0.15) is 49.3 Å². The van der Waals surface area contributed by atoms with Crippen LogP contribution >= 0.6 is 0 Å². The van der Waals surface area contributed by atoms with Crippen molar-refractivity contribution in [2.75, 3.05) is 6.54 Å². The molecular weight excluding hydrogens is 290 g/mol. The number of aromatic nitrogens is 2. The minimum Gasteiger partial charge on any atom is -0.464 e. The first-order chi connectivity index (χ1) is 11.0. The number of rotatable bonds is 4. The van der Waals surface area contributed by atoms with Gasteiger partial charge < -0.3 is 9.32 Å². The second-order valence-electron chi connectivity index (χ2n) is 6.71. The summed E-state index contributed by atoms with van der Waals surface area (Å²) in [4.78, 5) is 14.7. The molecule has 1 amide bonds. The Morgan fingerprint density at radius 1 is 1.39 bits per heavy atom. The number of nitrogens with zero attached hydrogens (tertiary/aromatic N) is 3. The molecular formula is C18H25N3O2. The average molecular weight is 315 g/mol. The summed E-state index contributed by atoms with van der Waals surface area (Å²) < 4.78 is 7.65. The van der Waals surface area contributed by atoms with Crippen LogP contribution in [0.5, 0.6) is 0 Å². The van der Waals surface area contributed by atoms with Gasteiger partial charge in [0.25, 0.3) is 0 Å². The zero-order valence-electron chi connectivity index (χ0n) is 14.2. The fourth-order valence-corrected chi connectivity index (χ4v) is 3.29. The summed E-state index contributed by atoms with van der Waals surface area (Å²) in [7, 11) is 0. The van der Waals surface area contributed by atoms with Gasteiger partial charge in [-0.2, -0.15) is 5.10 Å². The third kappa shape index (κ3) is 3.66. The highest BCUT2D eigenvalue weighted by atomic mass is 16.3. The Kier molecular flexibility index (Phi) is 4.55. The van der Waals surface area contributed by atoms with Crippen LogP contribution < -0.4 is 0 Å². The molecule has 2 aromatic heterocycles. The van der Waals surface area contributed by atoms with Crippen molar-refractivity contribution < 1.29 is 9.21 Å². The molecule has 3 rings (SSSR count). The van der Waals surface area contributed by atoms with Crippen LogP contribution in [0, 0.1) is 19.8 Å². The van der Waals surface area contributed by atoms with Gasteiger partial charge >= 0.3 is 0 Å². The van der Waals surface area contributed by atoms with E-state index in [2.05, 4.69) is 12.0 Å². The quantitative estimate of drug-likeness (QED) is 0.868. The molecule has 0 aliphatic carbocycles. The van der Waals surface area contributed by atoms with Gasteiger partial charge in [0.2, 0.25) is 5.91 Å². The highest BCUT2D eigenvalue weighted by molar-refractivity contribution is 5.76. The van der Waals surface area contributed by atoms with Crippen molar-refractivity contribution in [3.05, 3.63) is 41.6 Å². The van der Waals surface area contributed by atoms with Crippen LogP contribution in [0.2, 0.25) is 0 Å². The van der Waals surface area contributed by atoms with Crippen LogP contribution in [0.25, 0.3) is 0 Å². The second kappa shape index (κ2) is 6.60. The maximum atomic E-state index is 12.7. The van der Waals surface area contributed by atoms with Gasteiger partial charge in [-0.05, 0) is 50.3 Å². The zero-order valence-corrected chi connectivity index (χ0v) is 14.2. The van der Waals surface area contributed by atoms with E-state index in [9.17, 15) is 4.79 Å². The third-order valence-electron chi connectivity index (χ3n) is 4.59. The van der Waals surface area contributed by atoms with Crippen LogP contribution in [-0.2, 0) is 11.3 Å². The minimum absolute atomic E-state index is 0.0688. The summed E-state index contributed by atoms with van der Waals surface area (Å²) in [5.41, 5.74) is 1.12. The van der Waals surface area contributed by atoms with Crippen LogP contribution in [-0.4, -0.2) is 27.1 Å². The molecule has 2 aromatic rings. The Morgan fingerprint density at radius 2 is 2.22 bits per heavy atom. The molecule has 0 radical (unpaired) electrons. The standard InChI is InChI=1S/C18H25N3O2/c1-13-6-9-21(16(10-13)17-5-4-15(3)23-17)18(22)7-8-20-12-14(2)11-19-20/h4-5,11-13,16H,6-10H2,1-3H3/t13-,16+/m0/s1. The van der Waals surface area contributed by atoms with Crippen LogP contribution in [0.15, 0.2) is 28.9 Å². The molecule has 0 bridgehead atoms. The first-order valence-corrected chi connectivity index (χ1v) is 8.38. The molecule has 3 heterocycles. The van der Waals surface area contributed by atoms with Crippen molar-refractivity contribution in [2.24, 2.45) is 5.92 Å². The smallest absolute Gasteiger partial charge is 0.225 e. The lowest BCUT2D eigenvalue weighted by Gasteiger charge is -2.37. The van der Waals surface area contributed by atoms with Crippen LogP contribution in [0.3, 0.4) is 0 Å². The van der Waals surface area contributed by atoms with Gasteiger partial charge in [0.1, 0.15) is 11.5 Å². The van der Waals surface area contributed by atoms with Crippen molar-refractivity contribution in [1.29, 1.82) is 0 Å². The van der Waals surface area contributed by atoms with E-state index in [1.54, 1.807) is 0 Å². The van der Waals surface area contributed by atoms with E-state index in [4.69, 9.17) is 4.42 Å². The maximum Gasteiger partial charge on any atom is 0.225 e. The van der Waals surface area contributed by atoms with E-state index in [-0.39, 0.29) is 11.9 Å². The second-order valence-corrected chi connectivity index (χ2v) is 6.71. The lowest BCUT2D eigenvalue weighted by Crippen LogP contribution is -2.40. The lowest BCUT2D eigenvalue weighted by molar-refractivity contribution is -0.136. The SMILES string of the molecule is Cc1cnn(CCC(=O)N2CC[C@H](C)C[C@@H]2c2ccc(C)o2)c1. The Bertz CT molecular complexity index is 673. The lowest BCUT2D eigenvalue weighted by atomic mass is 9.91. The monoisotopic (exact) mass is 315 g/mol. The van der Waals surface area contributed by atoms with Crippen molar-refractivity contribution in [3.8, 4) is 0 Å². The molecule has 0 unspecified atom stereocenters.